The van der Waals surface area contributed by atoms with E-state index in [0.29, 0.717) is 23.1 Å². The summed E-state index contributed by atoms with van der Waals surface area (Å²) in [5, 5.41) is 6.12. The summed E-state index contributed by atoms with van der Waals surface area (Å²) in [7, 11) is 1.65. The Morgan fingerprint density at radius 3 is 2.59 bits per heavy atom. The van der Waals surface area contributed by atoms with Crippen molar-refractivity contribution in [1.29, 1.82) is 0 Å². The molecule has 0 atom stereocenters. The summed E-state index contributed by atoms with van der Waals surface area (Å²) < 4.78 is 11.4. The predicted molar refractivity (Wildman–Crippen MR) is 119 cm³/mol. The van der Waals surface area contributed by atoms with Gasteiger partial charge >= 0.3 is 0 Å². The fraction of sp³-hybridized carbons (Fsp3) is 0.524. The third-order valence-corrected chi connectivity index (χ3v) is 5.39. The molecule has 0 aliphatic carbocycles. The van der Waals surface area contributed by atoms with E-state index in [1.165, 1.54) is 38.5 Å². The first-order valence-electron chi connectivity index (χ1n) is 9.47. The van der Waals surface area contributed by atoms with Crippen molar-refractivity contribution in [3.05, 3.63) is 45.1 Å². The fourth-order valence-corrected chi connectivity index (χ4v) is 3.72. The third kappa shape index (κ3) is 8.73. The molecule has 0 radical (unpaired) electrons. The summed E-state index contributed by atoms with van der Waals surface area (Å²) in [4.78, 5) is 1.16. The maximum Gasteiger partial charge on any atom is 0.180 e. The first-order chi connectivity index (χ1) is 12.7. The molecule has 0 aliphatic rings. The number of halogens is 2. The monoisotopic (exact) mass is 431 g/mol. The molecular weight excluding hydrogens is 401 g/mol. The molecule has 1 aromatic carbocycles. The zero-order valence-electron chi connectivity index (χ0n) is 16.3. The number of thiophene rings is 1. The number of ether oxygens (including phenoxy) is 2. The van der Waals surface area contributed by atoms with Crippen LogP contribution in [0, 0.1) is 0 Å². The summed E-state index contributed by atoms with van der Waals surface area (Å²) >= 11 is 8.10. The summed E-state index contributed by atoms with van der Waals surface area (Å²) in [6.45, 7) is 4.57. The van der Waals surface area contributed by atoms with Crippen LogP contribution in [-0.4, -0.2) is 13.7 Å². The maximum atomic E-state index is 6.44. The number of unbranched alkanes of at least 4 members (excludes halogenated alkanes) is 5. The highest BCUT2D eigenvalue weighted by Gasteiger charge is 2.12. The number of rotatable bonds is 13. The predicted octanol–water partition coefficient (Wildman–Crippen LogP) is 6.86. The number of methoxy groups -OCH3 is 1. The lowest BCUT2D eigenvalue weighted by atomic mass is 10.1. The van der Waals surface area contributed by atoms with Gasteiger partial charge in [-0.3, -0.25) is 0 Å². The van der Waals surface area contributed by atoms with E-state index in [1.807, 2.05) is 29.6 Å². The summed E-state index contributed by atoms with van der Waals surface area (Å²) in [5.41, 5.74) is 1.11. The highest BCUT2D eigenvalue weighted by molar-refractivity contribution is 7.09. The molecule has 152 valence electrons. The number of hydrogen-bond donors (Lipinski definition) is 1. The van der Waals surface area contributed by atoms with Gasteiger partial charge < -0.3 is 14.8 Å². The molecule has 2 aromatic rings. The van der Waals surface area contributed by atoms with Crippen molar-refractivity contribution in [3.8, 4) is 11.5 Å². The Morgan fingerprint density at radius 2 is 1.89 bits per heavy atom. The van der Waals surface area contributed by atoms with E-state index < -0.39 is 0 Å². The normalized spacial score (nSPS) is 10.5. The Kier molecular flexibility index (Phi) is 12.6. The standard InChI is InChI=1S/C21H30ClNO2S.ClH/c1-3-4-5-6-7-8-11-23-15-17-13-19(22)21(20(14-17)24-2)25-16-18-10-9-12-26-18;/h9-10,12-14,23H,3-8,11,15-16H2,1-2H3;1H. The van der Waals surface area contributed by atoms with E-state index in [2.05, 4.69) is 12.2 Å². The van der Waals surface area contributed by atoms with E-state index >= 15 is 0 Å². The second-order valence-electron chi connectivity index (χ2n) is 6.42. The van der Waals surface area contributed by atoms with E-state index in [-0.39, 0.29) is 12.4 Å². The Morgan fingerprint density at radius 1 is 1.11 bits per heavy atom. The minimum atomic E-state index is 0. The molecule has 0 amide bonds. The van der Waals surface area contributed by atoms with Crippen LogP contribution in [0.3, 0.4) is 0 Å². The van der Waals surface area contributed by atoms with Gasteiger partial charge in [-0.1, -0.05) is 56.7 Å². The van der Waals surface area contributed by atoms with Crippen LogP contribution in [0.4, 0.5) is 0 Å². The molecule has 3 nitrogen and oxygen atoms in total. The molecule has 27 heavy (non-hydrogen) atoms. The van der Waals surface area contributed by atoms with Crippen LogP contribution in [0.25, 0.3) is 0 Å². The first-order valence-corrected chi connectivity index (χ1v) is 10.7. The zero-order chi connectivity index (χ0) is 18.6. The van der Waals surface area contributed by atoms with Gasteiger partial charge in [0.15, 0.2) is 11.5 Å². The lowest BCUT2D eigenvalue weighted by molar-refractivity contribution is 0.287. The van der Waals surface area contributed by atoms with E-state index in [0.717, 1.165) is 23.5 Å². The molecule has 0 saturated heterocycles. The van der Waals surface area contributed by atoms with Crippen LogP contribution in [-0.2, 0) is 13.2 Å². The quantitative estimate of drug-likeness (QED) is 0.351. The van der Waals surface area contributed by atoms with Gasteiger partial charge in [0.05, 0.1) is 12.1 Å². The van der Waals surface area contributed by atoms with Gasteiger partial charge in [0.2, 0.25) is 0 Å². The lowest BCUT2D eigenvalue weighted by Crippen LogP contribution is -2.14. The lowest BCUT2D eigenvalue weighted by Gasteiger charge is -2.14. The second-order valence-corrected chi connectivity index (χ2v) is 7.86. The van der Waals surface area contributed by atoms with E-state index in [9.17, 15) is 0 Å². The van der Waals surface area contributed by atoms with E-state index in [1.54, 1.807) is 18.4 Å². The van der Waals surface area contributed by atoms with Crippen molar-refractivity contribution in [1.82, 2.24) is 5.32 Å². The third-order valence-electron chi connectivity index (χ3n) is 4.26. The highest BCUT2D eigenvalue weighted by atomic mass is 35.5. The number of benzene rings is 1. The van der Waals surface area contributed by atoms with Crippen molar-refractivity contribution >= 4 is 35.3 Å². The molecule has 1 N–H and O–H groups in total. The molecule has 0 bridgehead atoms. The van der Waals surface area contributed by atoms with Gasteiger partial charge in [0.1, 0.15) is 6.61 Å². The van der Waals surface area contributed by atoms with Crippen molar-refractivity contribution in [2.75, 3.05) is 13.7 Å². The first kappa shape index (κ1) is 24.1. The van der Waals surface area contributed by atoms with Gasteiger partial charge in [-0.25, -0.2) is 0 Å². The summed E-state index contributed by atoms with van der Waals surface area (Å²) in [5.74, 6) is 1.30. The minimum absolute atomic E-state index is 0. The summed E-state index contributed by atoms with van der Waals surface area (Å²) in [6, 6.07) is 8.03. The maximum absolute atomic E-state index is 6.44. The topological polar surface area (TPSA) is 30.5 Å². The zero-order valence-corrected chi connectivity index (χ0v) is 18.7. The van der Waals surface area contributed by atoms with Crippen LogP contribution >= 0.6 is 35.3 Å². The Balaban J connectivity index is 0.00000364. The van der Waals surface area contributed by atoms with Crippen LogP contribution in [0.5, 0.6) is 11.5 Å². The second kappa shape index (κ2) is 14.1. The Hall–Kier alpha value is -0.940. The minimum Gasteiger partial charge on any atom is -0.493 e. The molecule has 6 heteroatoms. The average Bonchev–Trinajstić information content (AvgIpc) is 3.16. The molecule has 0 fully saturated rings. The van der Waals surface area contributed by atoms with Crippen molar-refractivity contribution in [2.24, 2.45) is 0 Å². The molecule has 1 aromatic heterocycles. The van der Waals surface area contributed by atoms with Crippen LogP contribution in [0.1, 0.15) is 55.9 Å². The van der Waals surface area contributed by atoms with Crippen molar-refractivity contribution in [2.45, 2.75) is 58.6 Å². The van der Waals surface area contributed by atoms with Gasteiger partial charge in [0.25, 0.3) is 0 Å². The average molecular weight is 432 g/mol. The summed E-state index contributed by atoms with van der Waals surface area (Å²) in [6.07, 6.45) is 7.87. The van der Waals surface area contributed by atoms with Gasteiger partial charge in [-0.2, -0.15) is 0 Å². The SMILES string of the molecule is CCCCCCCCNCc1cc(Cl)c(OCc2cccs2)c(OC)c1.Cl. The molecular formula is C21H31Cl2NO2S. The Labute approximate surface area is 178 Å². The van der Waals surface area contributed by atoms with Crippen LogP contribution in [0.15, 0.2) is 29.6 Å². The molecule has 0 unspecified atom stereocenters. The number of nitrogens with one attached hydrogen (secondary N) is 1. The Bertz CT molecular complexity index is 635. The van der Waals surface area contributed by atoms with Crippen molar-refractivity contribution < 1.29 is 9.47 Å². The highest BCUT2D eigenvalue weighted by Crippen LogP contribution is 2.37. The van der Waals surface area contributed by atoms with E-state index in [4.69, 9.17) is 21.1 Å². The number of hydrogen-bond acceptors (Lipinski definition) is 4. The smallest absolute Gasteiger partial charge is 0.180 e. The largest absolute Gasteiger partial charge is 0.493 e. The molecule has 1 heterocycles. The van der Waals surface area contributed by atoms with Crippen molar-refractivity contribution in [3.63, 3.8) is 0 Å². The van der Waals surface area contributed by atoms with Gasteiger partial charge in [-0.15, -0.1) is 23.7 Å². The van der Waals surface area contributed by atoms with Gasteiger partial charge in [0, 0.05) is 11.4 Å². The van der Waals surface area contributed by atoms with Crippen LogP contribution < -0.4 is 14.8 Å². The molecule has 2 rings (SSSR count). The van der Waals surface area contributed by atoms with Gasteiger partial charge in [-0.05, 0) is 42.1 Å². The molecule has 0 saturated carbocycles. The fourth-order valence-electron chi connectivity index (χ4n) is 2.82. The molecule has 0 aliphatic heterocycles. The van der Waals surface area contributed by atoms with Crippen LogP contribution in [0.2, 0.25) is 5.02 Å². The molecule has 0 spiro atoms.